The van der Waals surface area contributed by atoms with E-state index in [1.54, 1.807) is 12.3 Å². The summed E-state index contributed by atoms with van der Waals surface area (Å²) in [7, 11) is 0. The first-order valence-corrected chi connectivity index (χ1v) is 5.72. The summed E-state index contributed by atoms with van der Waals surface area (Å²) < 4.78 is 5.05. The molecule has 0 unspecified atom stereocenters. The number of hydrogen-bond acceptors (Lipinski definition) is 5. The highest BCUT2D eigenvalue weighted by atomic mass is 16.4. The van der Waals surface area contributed by atoms with Gasteiger partial charge in [0.25, 0.3) is 0 Å². The van der Waals surface area contributed by atoms with Crippen LogP contribution in [0.4, 0.5) is 0 Å². The van der Waals surface area contributed by atoms with Gasteiger partial charge in [0, 0.05) is 24.4 Å². The maximum absolute atomic E-state index is 11.6. The van der Waals surface area contributed by atoms with Crippen molar-refractivity contribution in [2.75, 3.05) is 0 Å². The monoisotopic (exact) mass is 273 g/mol. The lowest BCUT2D eigenvalue weighted by atomic mass is 10.1. The number of ketones is 1. The van der Waals surface area contributed by atoms with Crippen LogP contribution in [-0.2, 0) is 11.2 Å². The highest BCUT2D eigenvalue weighted by molar-refractivity contribution is 6.06. The first-order chi connectivity index (χ1) is 9.56. The number of carboxylic acid groups (broad SMARTS) is 1. The van der Waals surface area contributed by atoms with Gasteiger partial charge in [-0.25, -0.2) is 4.79 Å². The molecule has 2 aromatic heterocycles. The molecule has 2 N–H and O–H groups in total. The van der Waals surface area contributed by atoms with Gasteiger partial charge in [0.1, 0.15) is 0 Å². The Hall–Kier alpha value is -2.89. The summed E-state index contributed by atoms with van der Waals surface area (Å²) in [6.45, 7) is 0. The van der Waals surface area contributed by atoms with E-state index in [2.05, 4.69) is 4.98 Å². The number of carboxylic acids is 1. The number of aliphatic hydroxyl groups is 1. The lowest BCUT2D eigenvalue weighted by molar-refractivity contribution is -0.135. The summed E-state index contributed by atoms with van der Waals surface area (Å²) in [4.78, 5) is 26.2. The molecule has 2 rings (SSSR count). The van der Waals surface area contributed by atoms with Crippen molar-refractivity contribution < 1.29 is 24.2 Å². The van der Waals surface area contributed by atoms with Crippen molar-refractivity contribution in [3.05, 3.63) is 65.6 Å². The van der Waals surface area contributed by atoms with E-state index in [0.29, 0.717) is 12.5 Å². The summed E-state index contributed by atoms with van der Waals surface area (Å²) >= 11 is 0. The van der Waals surface area contributed by atoms with Crippen molar-refractivity contribution in [2.24, 2.45) is 0 Å². The molecule has 102 valence electrons. The maximum Gasteiger partial charge on any atom is 0.371 e. The molecule has 0 aliphatic rings. The minimum atomic E-state index is -1.57. The molecule has 0 bridgehead atoms. The molecule has 0 aliphatic heterocycles. The Morgan fingerprint density at radius 3 is 2.75 bits per heavy atom. The Labute approximate surface area is 114 Å². The Morgan fingerprint density at radius 1 is 1.30 bits per heavy atom. The van der Waals surface area contributed by atoms with Gasteiger partial charge >= 0.3 is 5.97 Å². The Morgan fingerprint density at radius 2 is 2.10 bits per heavy atom. The number of pyridine rings is 1. The Kier molecular flexibility index (Phi) is 3.95. The molecule has 20 heavy (non-hydrogen) atoms. The van der Waals surface area contributed by atoms with Gasteiger partial charge in [-0.15, -0.1) is 0 Å². The molecule has 0 saturated carbocycles. The number of rotatable bonds is 5. The predicted molar refractivity (Wildman–Crippen MR) is 68.4 cm³/mol. The fraction of sp³-hybridized carbons (Fsp3) is 0.0714. The number of aliphatic hydroxyl groups excluding tert-OH is 1. The third-order valence-corrected chi connectivity index (χ3v) is 2.49. The first kappa shape index (κ1) is 13.5. The largest absolute Gasteiger partial charge is 0.502 e. The normalized spacial score (nSPS) is 11.3. The smallest absolute Gasteiger partial charge is 0.371 e. The zero-order valence-corrected chi connectivity index (χ0v) is 10.3. The second-order valence-corrected chi connectivity index (χ2v) is 4.02. The van der Waals surface area contributed by atoms with Crippen LogP contribution in [0.25, 0.3) is 0 Å². The Balaban J connectivity index is 2.11. The van der Waals surface area contributed by atoms with Gasteiger partial charge < -0.3 is 14.6 Å². The van der Waals surface area contributed by atoms with Crippen LogP contribution in [0.5, 0.6) is 0 Å². The molecule has 0 radical (unpaired) electrons. The minimum Gasteiger partial charge on any atom is -0.502 e. The fourth-order valence-electron chi connectivity index (χ4n) is 1.57. The van der Waals surface area contributed by atoms with E-state index in [4.69, 9.17) is 14.6 Å². The summed E-state index contributed by atoms with van der Waals surface area (Å²) in [6, 6.07) is 6.97. The zero-order valence-electron chi connectivity index (χ0n) is 10.3. The predicted octanol–water partition coefficient (Wildman–Crippen LogP) is 1.97. The number of carbonyl (C=O) groups is 2. The number of hydrogen-bond donors (Lipinski definition) is 2. The average molecular weight is 273 g/mol. The van der Waals surface area contributed by atoms with Crippen molar-refractivity contribution in [2.45, 2.75) is 6.42 Å². The number of aromatic nitrogens is 1. The lowest BCUT2D eigenvalue weighted by Gasteiger charge is -1.95. The van der Waals surface area contributed by atoms with E-state index >= 15 is 0 Å². The minimum absolute atomic E-state index is 0.0382. The molecule has 0 atom stereocenters. The summed E-state index contributed by atoms with van der Waals surface area (Å²) in [5.41, 5.74) is 1.55. The fourth-order valence-corrected chi connectivity index (χ4v) is 1.57. The van der Waals surface area contributed by atoms with Crippen LogP contribution in [0.3, 0.4) is 0 Å². The number of nitrogens with zero attached hydrogens (tertiary/aromatic N) is 1. The van der Waals surface area contributed by atoms with Crippen LogP contribution in [0.15, 0.2) is 53.0 Å². The average Bonchev–Trinajstić information content (AvgIpc) is 2.88. The van der Waals surface area contributed by atoms with Crippen LogP contribution in [0, 0.1) is 0 Å². The van der Waals surface area contributed by atoms with Gasteiger partial charge in [-0.1, -0.05) is 6.07 Å². The molecular formula is C14H11NO5. The van der Waals surface area contributed by atoms with Gasteiger partial charge in [-0.2, -0.15) is 0 Å². The number of carbonyl (C=O) groups excluding carboxylic acids is 1. The molecule has 0 aliphatic carbocycles. The zero-order chi connectivity index (χ0) is 14.5. The van der Waals surface area contributed by atoms with Gasteiger partial charge in [0.05, 0.1) is 6.26 Å². The van der Waals surface area contributed by atoms with E-state index in [9.17, 15) is 9.59 Å². The topological polar surface area (TPSA) is 101 Å². The van der Waals surface area contributed by atoms with Crippen molar-refractivity contribution in [1.82, 2.24) is 4.98 Å². The molecule has 6 nitrogen and oxygen atoms in total. The summed E-state index contributed by atoms with van der Waals surface area (Å²) in [6.07, 6.45) is 4.15. The third-order valence-electron chi connectivity index (χ3n) is 2.49. The summed E-state index contributed by atoms with van der Waals surface area (Å²) in [5.74, 6) is -3.35. The lowest BCUT2D eigenvalue weighted by Crippen LogP contribution is -2.03. The molecular weight excluding hydrogens is 262 g/mol. The molecule has 0 spiro atoms. The van der Waals surface area contributed by atoms with E-state index in [0.717, 1.165) is 11.3 Å². The van der Waals surface area contributed by atoms with Crippen LogP contribution in [0.1, 0.15) is 21.8 Å². The highest BCUT2D eigenvalue weighted by Crippen LogP contribution is 2.13. The Bertz CT molecular complexity index is 657. The van der Waals surface area contributed by atoms with Gasteiger partial charge in [0.15, 0.2) is 5.76 Å². The first-order valence-electron chi connectivity index (χ1n) is 5.72. The van der Waals surface area contributed by atoms with Crippen LogP contribution in [-0.4, -0.2) is 26.9 Å². The van der Waals surface area contributed by atoms with Crippen LogP contribution >= 0.6 is 0 Å². The maximum atomic E-state index is 11.6. The molecule has 0 fully saturated rings. The number of furan rings is 1. The second kappa shape index (κ2) is 5.83. The standard InChI is InChI=1S/C14H11NO5/c16-11(7-12(17)14(18)19)13-6-9(8-20-13)5-10-3-1-2-4-15-10/h1-4,6-8,17H,5H2,(H,18,19)/b12-7-. The molecule has 0 amide bonds. The van der Waals surface area contributed by atoms with E-state index < -0.39 is 17.5 Å². The molecule has 0 saturated heterocycles. The quantitative estimate of drug-likeness (QED) is 0.490. The third kappa shape index (κ3) is 3.32. The highest BCUT2D eigenvalue weighted by Gasteiger charge is 2.13. The molecule has 2 aromatic rings. The summed E-state index contributed by atoms with van der Waals surface area (Å²) in [5, 5.41) is 17.5. The van der Waals surface area contributed by atoms with E-state index in [-0.39, 0.29) is 5.76 Å². The second-order valence-electron chi connectivity index (χ2n) is 4.02. The SMILES string of the molecule is O=C(O)/C(O)=C/C(=O)c1cc(Cc2ccccn2)co1. The van der Waals surface area contributed by atoms with Crippen molar-refractivity contribution >= 4 is 11.8 Å². The molecule has 6 heteroatoms. The molecule has 2 heterocycles. The van der Waals surface area contributed by atoms with E-state index in [1.165, 1.54) is 12.3 Å². The van der Waals surface area contributed by atoms with Gasteiger partial charge in [-0.05, 0) is 23.8 Å². The van der Waals surface area contributed by atoms with Crippen molar-refractivity contribution in [3.63, 3.8) is 0 Å². The van der Waals surface area contributed by atoms with Gasteiger partial charge in [-0.3, -0.25) is 9.78 Å². The molecule has 0 aromatic carbocycles. The number of allylic oxidation sites excluding steroid dienone is 1. The number of aliphatic carboxylic acids is 1. The van der Waals surface area contributed by atoms with E-state index in [1.807, 2.05) is 12.1 Å². The van der Waals surface area contributed by atoms with Crippen molar-refractivity contribution in [3.8, 4) is 0 Å². The van der Waals surface area contributed by atoms with Crippen LogP contribution < -0.4 is 0 Å². The van der Waals surface area contributed by atoms with Crippen LogP contribution in [0.2, 0.25) is 0 Å². The van der Waals surface area contributed by atoms with Gasteiger partial charge in [0.2, 0.25) is 11.5 Å². The van der Waals surface area contributed by atoms with Crippen molar-refractivity contribution in [1.29, 1.82) is 0 Å².